The van der Waals surface area contributed by atoms with Crippen molar-refractivity contribution in [3.63, 3.8) is 0 Å². The lowest BCUT2D eigenvalue weighted by atomic mass is 9.97. The SMILES string of the molecule is CC(CC(=O)Nc1ccc(N2CCN(C)CC2)cc1)c1ccccc1. The third kappa shape index (κ3) is 4.83. The van der Waals surface area contributed by atoms with Gasteiger partial charge in [-0.25, -0.2) is 0 Å². The summed E-state index contributed by atoms with van der Waals surface area (Å²) in [4.78, 5) is 17.0. The Labute approximate surface area is 150 Å². The number of hydrogen-bond acceptors (Lipinski definition) is 3. The summed E-state index contributed by atoms with van der Waals surface area (Å²) < 4.78 is 0. The van der Waals surface area contributed by atoms with E-state index in [0.29, 0.717) is 6.42 Å². The summed E-state index contributed by atoms with van der Waals surface area (Å²) in [5.74, 6) is 0.273. The minimum Gasteiger partial charge on any atom is -0.369 e. The molecule has 1 unspecified atom stereocenters. The fourth-order valence-corrected chi connectivity index (χ4v) is 3.21. The van der Waals surface area contributed by atoms with Crippen LogP contribution in [0.4, 0.5) is 11.4 Å². The molecule has 1 saturated heterocycles. The predicted octanol–water partition coefficient (Wildman–Crippen LogP) is 3.57. The average molecular weight is 337 g/mol. The summed E-state index contributed by atoms with van der Waals surface area (Å²) in [5, 5.41) is 3.01. The largest absolute Gasteiger partial charge is 0.369 e. The van der Waals surface area contributed by atoms with Crippen LogP contribution in [0.3, 0.4) is 0 Å². The Morgan fingerprint density at radius 2 is 1.64 bits per heavy atom. The highest BCUT2D eigenvalue weighted by Crippen LogP contribution is 2.22. The van der Waals surface area contributed by atoms with Gasteiger partial charge in [0.1, 0.15) is 0 Å². The Hall–Kier alpha value is -2.33. The third-order valence-electron chi connectivity index (χ3n) is 4.88. The van der Waals surface area contributed by atoms with E-state index in [1.54, 1.807) is 0 Å². The number of carbonyl (C=O) groups excluding carboxylic acids is 1. The summed E-state index contributed by atoms with van der Waals surface area (Å²) in [6.07, 6.45) is 0.490. The standard InChI is InChI=1S/C21H27N3O/c1-17(18-6-4-3-5-7-18)16-21(25)22-19-8-10-20(11-9-19)24-14-12-23(2)13-15-24/h3-11,17H,12-16H2,1-2H3,(H,22,25). The van der Waals surface area contributed by atoms with Crippen LogP contribution < -0.4 is 10.2 Å². The average Bonchev–Trinajstić information content (AvgIpc) is 2.64. The molecule has 4 heteroatoms. The number of rotatable bonds is 5. The van der Waals surface area contributed by atoms with Crippen LogP contribution in [0, 0.1) is 0 Å². The molecule has 132 valence electrons. The van der Waals surface area contributed by atoms with Crippen molar-refractivity contribution in [2.24, 2.45) is 0 Å². The first-order chi connectivity index (χ1) is 12.1. The number of amides is 1. The molecule has 1 amide bonds. The Morgan fingerprint density at radius 1 is 1.00 bits per heavy atom. The maximum Gasteiger partial charge on any atom is 0.224 e. The fourth-order valence-electron chi connectivity index (χ4n) is 3.21. The highest BCUT2D eigenvalue weighted by atomic mass is 16.1. The highest BCUT2D eigenvalue weighted by Gasteiger charge is 2.15. The molecule has 25 heavy (non-hydrogen) atoms. The van der Waals surface area contributed by atoms with Gasteiger partial charge < -0.3 is 15.1 Å². The Balaban J connectivity index is 1.53. The molecule has 1 aliphatic rings. The Kier molecular flexibility index (Phi) is 5.71. The summed E-state index contributed by atoms with van der Waals surface area (Å²) in [5.41, 5.74) is 3.29. The molecule has 0 radical (unpaired) electrons. The van der Waals surface area contributed by atoms with E-state index in [2.05, 4.69) is 53.4 Å². The molecule has 1 atom stereocenters. The lowest BCUT2D eigenvalue weighted by Gasteiger charge is -2.34. The zero-order chi connectivity index (χ0) is 17.6. The molecule has 0 bridgehead atoms. The molecule has 0 aromatic heterocycles. The zero-order valence-corrected chi connectivity index (χ0v) is 15.1. The van der Waals surface area contributed by atoms with Gasteiger partial charge in [0.2, 0.25) is 5.91 Å². The Bertz CT molecular complexity index is 676. The second-order valence-electron chi connectivity index (χ2n) is 6.90. The number of nitrogens with zero attached hydrogens (tertiary/aromatic N) is 2. The maximum atomic E-state index is 12.3. The molecule has 2 aromatic carbocycles. The smallest absolute Gasteiger partial charge is 0.224 e. The van der Waals surface area contributed by atoms with Crippen molar-refractivity contribution in [1.82, 2.24) is 4.90 Å². The normalized spacial score (nSPS) is 16.5. The van der Waals surface area contributed by atoms with Crippen LogP contribution in [0.2, 0.25) is 0 Å². The quantitative estimate of drug-likeness (QED) is 0.906. The molecular weight excluding hydrogens is 310 g/mol. The number of likely N-dealkylation sites (N-methyl/N-ethyl adjacent to an activating group) is 1. The maximum absolute atomic E-state index is 12.3. The molecule has 0 spiro atoms. The van der Waals surface area contributed by atoms with Crippen molar-refractivity contribution in [3.8, 4) is 0 Å². The van der Waals surface area contributed by atoms with Gasteiger partial charge >= 0.3 is 0 Å². The molecule has 1 fully saturated rings. The van der Waals surface area contributed by atoms with Gasteiger partial charge in [-0.2, -0.15) is 0 Å². The summed E-state index contributed by atoms with van der Waals surface area (Å²) in [6, 6.07) is 18.4. The van der Waals surface area contributed by atoms with Gasteiger partial charge in [0.25, 0.3) is 0 Å². The monoisotopic (exact) mass is 337 g/mol. The molecule has 0 aliphatic carbocycles. The highest BCUT2D eigenvalue weighted by molar-refractivity contribution is 5.91. The van der Waals surface area contributed by atoms with Crippen LogP contribution in [0.15, 0.2) is 54.6 Å². The van der Waals surface area contributed by atoms with Gasteiger partial charge in [0, 0.05) is 44.0 Å². The number of carbonyl (C=O) groups is 1. The third-order valence-corrected chi connectivity index (χ3v) is 4.88. The summed E-state index contributed by atoms with van der Waals surface area (Å²) in [6.45, 7) is 6.38. The van der Waals surface area contributed by atoms with Crippen molar-refractivity contribution in [2.75, 3.05) is 43.4 Å². The first kappa shape index (κ1) is 17.5. The van der Waals surface area contributed by atoms with Crippen LogP contribution in [0.1, 0.15) is 24.8 Å². The first-order valence-electron chi connectivity index (χ1n) is 9.00. The van der Waals surface area contributed by atoms with Crippen molar-refractivity contribution >= 4 is 17.3 Å². The van der Waals surface area contributed by atoms with Crippen LogP contribution in [0.5, 0.6) is 0 Å². The molecule has 4 nitrogen and oxygen atoms in total. The van der Waals surface area contributed by atoms with Gasteiger partial charge in [-0.05, 0) is 42.8 Å². The zero-order valence-electron chi connectivity index (χ0n) is 15.1. The van der Waals surface area contributed by atoms with E-state index in [9.17, 15) is 4.79 Å². The van der Waals surface area contributed by atoms with E-state index in [-0.39, 0.29) is 11.8 Å². The van der Waals surface area contributed by atoms with Crippen LogP contribution in [-0.2, 0) is 4.79 Å². The molecule has 3 rings (SSSR count). The van der Waals surface area contributed by atoms with Crippen molar-refractivity contribution in [1.29, 1.82) is 0 Å². The van der Waals surface area contributed by atoms with E-state index in [4.69, 9.17) is 0 Å². The van der Waals surface area contributed by atoms with E-state index < -0.39 is 0 Å². The van der Waals surface area contributed by atoms with Gasteiger partial charge in [-0.1, -0.05) is 37.3 Å². The van der Waals surface area contributed by atoms with Gasteiger partial charge in [-0.15, -0.1) is 0 Å². The van der Waals surface area contributed by atoms with E-state index in [0.717, 1.165) is 31.9 Å². The van der Waals surface area contributed by atoms with E-state index in [1.165, 1.54) is 11.3 Å². The van der Waals surface area contributed by atoms with E-state index >= 15 is 0 Å². The first-order valence-corrected chi connectivity index (χ1v) is 9.00. The van der Waals surface area contributed by atoms with Crippen molar-refractivity contribution in [3.05, 3.63) is 60.2 Å². The lowest BCUT2D eigenvalue weighted by Crippen LogP contribution is -2.44. The molecule has 2 aromatic rings. The van der Waals surface area contributed by atoms with Gasteiger partial charge in [-0.3, -0.25) is 4.79 Å². The number of anilines is 2. The number of piperazine rings is 1. The summed E-state index contributed by atoms with van der Waals surface area (Å²) >= 11 is 0. The van der Waals surface area contributed by atoms with Gasteiger partial charge in [0.05, 0.1) is 0 Å². The van der Waals surface area contributed by atoms with Crippen LogP contribution in [0.25, 0.3) is 0 Å². The Morgan fingerprint density at radius 3 is 2.28 bits per heavy atom. The molecule has 0 saturated carbocycles. The second-order valence-corrected chi connectivity index (χ2v) is 6.90. The van der Waals surface area contributed by atoms with Crippen LogP contribution in [-0.4, -0.2) is 44.0 Å². The molecule has 1 aliphatic heterocycles. The molecular formula is C21H27N3O. The minimum absolute atomic E-state index is 0.0590. The van der Waals surface area contributed by atoms with E-state index in [1.807, 2.05) is 30.3 Å². The van der Waals surface area contributed by atoms with Gasteiger partial charge in [0.15, 0.2) is 0 Å². The van der Waals surface area contributed by atoms with Crippen molar-refractivity contribution in [2.45, 2.75) is 19.3 Å². The molecule has 1 heterocycles. The number of benzene rings is 2. The topological polar surface area (TPSA) is 35.6 Å². The fraction of sp³-hybridized carbons (Fsp3) is 0.381. The second kappa shape index (κ2) is 8.17. The number of nitrogens with one attached hydrogen (secondary N) is 1. The predicted molar refractivity (Wildman–Crippen MR) is 104 cm³/mol. The van der Waals surface area contributed by atoms with Crippen molar-refractivity contribution < 1.29 is 4.79 Å². The lowest BCUT2D eigenvalue weighted by molar-refractivity contribution is -0.116. The summed E-state index contributed by atoms with van der Waals surface area (Å²) in [7, 11) is 2.16. The molecule has 1 N–H and O–H groups in total. The number of hydrogen-bond donors (Lipinski definition) is 1. The minimum atomic E-state index is 0.0590. The van der Waals surface area contributed by atoms with Crippen LogP contribution >= 0.6 is 0 Å².